The van der Waals surface area contributed by atoms with Crippen molar-refractivity contribution >= 4 is 27.8 Å². The smallest absolute Gasteiger partial charge is 0.118 e. The first kappa shape index (κ1) is 13.6. The van der Waals surface area contributed by atoms with Crippen molar-refractivity contribution in [2.24, 2.45) is 10.7 Å². The van der Waals surface area contributed by atoms with Crippen molar-refractivity contribution in [2.75, 3.05) is 0 Å². The second kappa shape index (κ2) is 6.90. The predicted molar refractivity (Wildman–Crippen MR) is 84.9 cm³/mol. The highest BCUT2D eigenvalue weighted by Gasteiger charge is 1.93. The summed E-state index contributed by atoms with van der Waals surface area (Å²) in [6, 6.07) is 18.1. The van der Waals surface area contributed by atoms with E-state index in [4.69, 9.17) is 5.73 Å². The van der Waals surface area contributed by atoms with Crippen LogP contribution in [-0.2, 0) is 6.54 Å². The Bertz CT molecular complexity index is 589. The van der Waals surface area contributed by atoms with Gasteiger partial charge in [-0.1, -0.05) is 64.5 Å². The maximum atomic E-state index is 5.86. The lowest BCUT2D eigenvalue weighted by atomic mass is 10.2. The zero-order valence-corrected chi connectivity index (χ0v) is 12.0. The molecule has 0 radical (unpaired) electrons. The molecule has 0 saturated heterocycles. The van der Waals surface area contributed by atoms with Crippen LogP contribution < -0.4 is 5.73 Å². The number of hydrogen-bond donors (Lipinski definition) is 1. The van der Waals surface area contributed by atoms with E-state index >= 15 is 0 Å². The molecule has 0 saturated carbocycles. The molecule has 2 aromatic rings. The molecular weight excluding hydrogens is 300 g/mol. The van der Waals surface area contributed by atoms with Gasteiger partial charge in [-0.25, -0.2) is 0 Å². The fraction of sp³-hybridized carbons (Fsp3) is 0.0625. The predicted octanol–water partition coefficient (Wildman–Crippen LogP) is 4.02. The molecule has 0 atom stereocenters. The zero-order chi connectivity index (χ0) is 13.5. The van der Waals surface area contributed by atoms with Gasteiger partial charge in [0, 0.05) is 4.47 Å². The zero-order valence-electron chi connectivity index (χ0n) is 10.5. The SMILES string of the molecule is NC(/C=C/c1ccccc1)=NCc1cccc(Br)c1. The van der Waals surface area contributed by atoms with E-state index in [-0.39, 0.29) is 0 Å². The molecule has 96 valence electrons. The Labute approximate surface area is 121 Å². The third-order valence-corrected chi connectivity index (χ3v) is 3.07. The highest BCUT2D eigenvalue weighted by atomic mass is 79.9. The molecule has 0 spiro atoms. The first-order valence-electron chi connectivity index (χ1n) is 6.01. The number of halogens is 1. The fourth-order valence-electron chi connectivity index (χ4n) is 1.62. The highest BCUT2D eigenvalue weighted by molar-refractivity contribution is 9.10. The van der Waals surface area contributed by atoms with Crippen LogP contribution in [0.25, 0.3) is 6.08 Å². The Morgan fingerprint density at radius 1 is 1.11 bits per heavy atom. The summed E-state index contributed by atoms with van der Waals surface area (Å²) in [5.74, 6) is 0.531. The monoisotopic (exact) mass is 314 g/mol. The summed E-state index contributed by atoms with van der Waals surface area (Å²) < 4.78 is 1.05. The van der Waals surface area contributed by atoms with Crippen molar-refractivity contribution in [2.45, 2.75) is 6.54 Å². The Kier molecular flexibility index (Phi) is 4.93. The van der Waals surface area contributed by atoms with Crippen molar-refractivity contribution in [1.82, 2.24) is 0 Å². The van der Waals surface area contributed by atoms with Crippen molar-refractivity contribution < 1.29 is 0 Å². The topological polar surface area (TPSA) is 38.4 Å². The van der Waals surface area contributed by atoms with Crippen LogP contribution in [0.4, 0.5) is 0 Å². The molecule has 0 aliphatic rings. The van der Waals surface area contributed by atoms with Crippen molar-refractivity contribution in [1.29, 1.82) is 0 Å². The van der Waals surface area contributed by atoms with E-state index in [1.807, 2.05) is 66.7 Å². The highest BCUT2D eigenvalue weighted by Crippen LogP contribution is 2.12. The van der Waals surface area contributed by atoms with Crippen LogP contribution in [0.1, 0.15) is 11.1 Å². The molecule has 2 nitrogen and oxygen atoms in total. The van der Waals surface area contributed by atoms with Gasteiger partial charge in [0.05, 0.1) is 6.54 Å². The largest absolute Gasteiger partial charge is 0.384 e. The Hall–Kier alpha value is -1.87. The lowest BCUT2D eigenvalue weighted by molar-refractivity contribution is 1.06. The van der Waals surface area contributed by atoms with Gasteiger partial charge in [-0.05, 0) is 29.3 Å². The number of nitrogens with two attached hydrogens (primary N) is 1. The molecule has 2 N–H and O–H groups in total. The molecule has 0 bridgehead atoms. The van der Waals surface area contributed by atoms with Crippen LogP contribution in [-0.4, -0.2) is 5.84 Å². The van der Waals surface area contributed by atoms with Crippen LogP contribution in [0.5, 0.6) is 0 Å². The van der Waals surface area contributed by atoms with Crippen LogP contribution >= 0.6 is 15.9 Å². The summed E-state index contributed by atoms with van der Waals surface area (Å²) in [6.45, 7) is 0.588. The first-order chi connectivity index (χ1) is 9.24. The lowest BCUT2D eigenvalue weighted by Crippen LogP contribution is -2.07. The van der Waals surface area contributed by atoms with Gasteiger partial charge in [-0.2, -0.15) is 0 Å². The minimum absolute atomic E-state index is 0.531. The Morgan fingerprint density at radius 3 is 2.63 bits per heavy atom. The molecule has 2 aromatic carbocycles. The van der Waals surface area contributed by atoms with E-state index in [1.54, 1.807) is 0 Å². The van der Waals surface area contributed by atoms with Crippen molar-refractivity contribution in [3.05, 3.63) is 76.3 Å². The number of nitrogens with zero attached hydrogens (tertiary/aromatic N) is 1. The van der Waals surface area contributed by atoms with Crippen LogP contribution in [0.2, 0.25) is 0 Å². The normalized spacial score (nSPS) is 11.9. The second-order valence-electron chi connectivity index (χ2n) is 4.12. The van der Waals surface area contributed by atoms with Gasteiger partial charge in [-0.15, -0.1) is 0 Å². The van der Waals surface area contributed by atoms with Gasteiger partial charge in [-0.3, -0.25) is 4.99 Å². The number of amidine groups is 1. The average Bonchev–Trinajstić information content (AvgIpc) is 2.44. The summed E-state index contributed by atoms with van der Waals surface area (Å²) in [5.41, 5.74) is 8.10. The first-order valence-corrected chi connectivity index (χ1v) is 6.81. The van der Waals surface area contributed by atoms with Gasteiger partial charge >= 0.3 is 0 Å². The van der Waals surface area contributed by atoms with Gasteiger partial charge in [0.15, 0.2) is 0 Å². The van der Waals surface area contributed by atoms with Crippen molar-refractivity contribution in [3.63, 3.8) is 0 Å². The maximum Gasteiger partial charge on any atom is 0.118 e. The minimum Gasteiger partial charge on any atom is -0.384 e. The van der Waals surface area contributed by atoms with E-state index in [9.17, 15) is 0 Å². The molecular formula is C16H15BrN2. The van der Waals surface area contributed by atoms with E-state index in [0.717, 1.165) is 15.6 Å². The maximum absolute atomic E-state index is 5.86. The molecule has 0 amide bonds. The summed E-state index contributed by atoms with van der Waals surface area (Å²) in [4.78, 5) is 4.34. The van der Waals surface area contributed by atoms with Gasteiger partial charge in [0.2, 0.25) is 0 Å². The average molecular weight is 315 g/mol. The minimum atomic E-state index is 0.531. The lowest BCUT2D eigenvalue weighted by Gasteiger charge is -1.98. The van der Waals surface area contributed by atoms with E-state index in [2.05, 4.69) is 20.9 Å². The summed E-state index contributed by atoms with van der Waals surface area (Å²) in [5, 5.41) is 0. The summed E-state index contributed by atoms with van der Waals surface area (Å²) >= 11 is 3.44. The van der Waals surface area contributed by atoms with Gasteiger partial charge in [0.1, 0.15) is 5.84 Å². The van der Waals surface area contributed by atoms with Gasteiger partial charge < -0.3 is 5.73 Å². The van der Waals surface area contributed by atoms with Crippen molar-refractivity contribution in [3.8, 4) is 0 Å². The number of hydrogen-bond acceptors (Lipinski definition) is 1. The molecule has 0 aliphatic heterocycles. The molecule has 0 aromatic heterocycles. The summed E-state index contributed by atoms with van der Waals surface area (Å²) in [6.07, 6.45) is 3.78. The van der Waals surface area contributed by atoms with E-state index in [1.165, 1.54) is 0 Å². The Balaban J connectivity index is 1.98. The molecule has 2 rings (SSSR count). The van der Waals surface area contributed by atoms with Crippen LogP contribution in [0.15, 0.2) is 70.1 Å². The quantitative estimate of drug-likeness (QED) is 0.671. The van der Waals surface area contributed by atoms with Crippen LogP contribution in [0.3, 0.4) is 0 Å². The molecule has 19 heavy (non-hydrogen) atoms. The Morgan fingerprint density at radius 2 is 1.89 bits per heavy atom. The third-order valence-electron chi connectivity index (χ3n) is 2.58. The van der Waals surface area contributed by atoms with Crippen LogP contribution in [0, 0.1) is 0 Å². The summed E-state index contributed by atoms with van der Waals surface area (Å²) in [7, 11) is 0. The molecule has 0 unspecified atom stereocenters. The molecule has 0 heterocycles. The molecule has 3 heteroatoms. The van der Waals surface area contributed by atoms with E-state index < -0.39 is 0 Å². The number of aliphatic imine (C=N–C) groups is 1. The molecule has 0 aliphatic carbocycles. The van der Waals surface area contributed by atoms with Gasteiger partial charge in [0.25, 0.3) is 0 Å². The second-order valence-corrected chi connectivity index (χ2v) is 5.03. The standard InChI is InChI=1S/C16H15BrN2/c17-15-8-4-7-14(11-15)12-19-16(18)10-9-13-5-2-1-3-6-13/h1-11H,12H2,(H2,18,19)/b10-9+. The fourth-order valence-corrected chi connectivity index (χ4v) is 2.06. The number of benzene rings is 2. The number of rotatable bonds is 4. The third kappa shape index (κ3) is 4.72. The molecule has 0 fully saturated rings. The van der Waals surface area contributed by atoms with E-state index in [0.29, 0.717) is 12.4 Å².